The number of halogens is 1. The lowest BCUT2D eigenvalue weighted by atomic mass is 9.86. The maximum Gasteiger partial charge on any atom is 0.245 e. The second-order valence-corrected chi connectivity index (χ2v) is 9.72. The van der Waals surface area contributed by atoms with Crippen molar-refractivity contribution in [2.24, 2.45) is 18.9 Å². The zero-order valence-corrected chi connectivity index (χ0v) is 19.8. The first kappa shape index (κ1) is 22.8. The van der Waals surface area contributed by atoms with Crippen molar-refractivity contribution in [2.45, 2.75) is 44.9 Å². The Morgan fingerprint density at radius 3 is 2.59 bits per heavy atom. The molecule has 2 aromatic rings. The zero-order valence-electron chi connectivity index (χ0n) is 19.8. The fourth-order valence-corrected chi connectivity index (χ4v) is 5.33. The third-order valence-electron chi connectivity index (χ3n) is 7.45. The van der Waals surface area contributed by atoms with E-state index >= 15 is 0 Å². The molecule has 1 atom stereocenters. The van der Waals surface area contributed by atoms with Gasteiger partial charge in [-0.3, -0.25) is 4.79 Å². The maximum absolute atomic E-state index is 14.8. The Kier molecular flexibility index (Phi) is 6.78. The number of carbonyl (C=O) groups is 1. The number of carbonyl (C=O) groups excluding carboxylic acids is 1. The number of tetrazole rings is 1. The summed E-state index contributed by atoms with van der Waals surface area (Å²) in [7, 11) is 1.84. The average molecular weight is 469 g/mol. The number of aryl methyl sites for hydroxylation is 1. The highest BCUT2D eigenvalue weighted by atomic mass is 19.1. The summed E-state index contributed by atoms with van der Waals surface area (Å²) in [5.74, 6) is 1.51. The van der Waals surface area contributed by atoms with E-state index in [-0.39, 0.29) is 11.7 Å². The molecule has 3 heterocycles. The minimum absolute atomic E-state index is 0.0747. The van der Waals surface area contributed by atoms with Crippen LogP contribution in [0.5, 0.6) is 5.75 Å². The second-order valence-electron chi connectivity index (χ2n) is 9.72. The Morgan fingerprint density at radius 1 is 1.15 bits per heavy atom. The van der Waals surface area contributed by atoms with Gasteiger partial charge >= 0.3 is 0 Å². The number of hydrogen-bond acceptors (Lipinski definition) is 6. The van der Waals surface area contributed by atoms with E-state index in [9.17, 15) is 9.18 Å². The molecule has 1 unspecified atom stereocenters. The molecule has 34 heavy (non-hydrogen) atoms. The quantitative estimate of drug-likeness (QED) is 0.646. The molecule has 0 saturated carbocycles. The number of rotatable bonds is 6. The molecule has 0 bridgehead atoms. The van der Waals surface area contributed by atoms with Crippen LogP contribution in [0, 0.1) is 17.7 Å². The number of ether oxygens (including phenoxy) is 1. The van der Waals surface area contributed by atoms with E-state index in [0.717, 1.165) is 88.2 Å². The topological polar surface area (TPSA) is 76.4 Å². The summed E-state index contributed by atoms with van der Waals surface area (Å²) in [6.45, 7) is 4.02. The van der Waals surface area contributed by atoms with Gasteiger partial charge in [0, 0.05) is 39.1 Å². The Bertz CT molecular complexity index is 1040. The number of anilines is 1. The van der Waals surface area contributed by atoms with Crippen LogP contribution in [0.3, 0.4) is 0 Å². The first-order valence-electron chi connectivity index (χ1n) is 12.5. The second kappa shape index (κ2) is 10.1. The number of benzene rings is 1. The summed E-state index contributed by atoms with van der Waals surface area (Å²) in [4.78, 5) is 16.8. The van der Waals surface area contributed by atoms with Crippen molar-refractivity contribution in [3.63, 3.8) is 0 Å². The van der Waals surface area contributed by atoms with Crippen LogP contribution in [0.15, 0.2) is 24.3 Å². The SMILES string of the molecule is Cn1nnnc1N1CCC(COc2ccc(C3=CCC(C(=O)N4CCCC4)CC3)cc2F)CC1. The number of piperidine rings is 1. The standard InChI is InChI=1S/C25H33FN6O2/c1-30-25(27-28-29-30)32-14-10-18(11-15-32)17-34-23-9-8-21(16-22(23)26)19-4-6-20(7-5-19)24(33)31-12-2-3-13-31/h4,8-9,16,18,20H,2-3,5-7,10-15,17H2,1H3. The number of likely N-dealkylation sites (tertiary alicyclic amines) is 1. The van der Waals surface area contributed by atoms with Gasteiger partial charge in [-0.1, -0.05) is 17.2 Å². The van der Waals surface area contributed by atoms with Crippen LogP contribution < -0.4 is 9.64 Å². The summed E-state index contributed by atoms with van der Waals surface area (Å²) < 4.78 is 22.4. The molecule has 8 nitrogen and oxygen atoms in total. The lowest BCUT2D eigenvalue weighted by Gasteiger charge is -2.31. The molecule has 1 aromatic heterocycles. The normalized spacial score (nSPS) is 21.6. The van der Waals surface area contributed by atoms with Crippen LogP contribution in [-0.4, -0.2) is 63.8 Å². The molecule has 9 heteroatoms. The highest BCUT2D eigenvalue weighted by Crippen LogP contribution is 2.33. The van der Waals surface area contributed by atoms with E-state index in [1.165, 1.54) is 0 Å². The molecule has 2 saturated heterocycles. The van der Waals surface area contributed by atoms with Gasteiger partial charge in [0.05, 0.1) is 6.61 Å². The van der Waals surface area contributed by atoms with E-state index in [1.807, 2.05) is 18.0 Å². The van der Waals surface area contributed by atoms with Gasteiger partial charge in [0.1, 0.15) is 0 Å². The van der Waals surface area contributed by atoms with Crippen molar-refractivity contribution in [3.05, 3.63) is 35.7 Å². The van der Waals surface area contributed by atoms with Crippen LogP contribution in [0.1, 0.15) is 50.5 Å². The van der Waals surface area contributed by atoms with Crippen LogP contribution in [-0.2, 0) is 11.8 Å². The summed E-state index contributed by atoms with van der Waals surface area (Å²) in [5, 5.41) is 11.7. The van der Waals surface area contributed by atoms with Gasteiger partial charge in [-0.15, -0.1) is 0 Å². The molecule has 1 amide bonds. The number of nitrogens with zero attached hydrogens (tertiary/aromatic N) is 6. The summed E-state index contributed by atoms with van der Waals surface area (Å²) in [5.41, 5.74) is 2.02. The van der Waals surface area contributed by atoms with Gasteiger partial charge < -0.3 is 14.5 Å². The van der Waals surface area contributed by atoms with Crippen molar-refractivity contribution < 1.29 is 13.9 Å². The van der Waals surface area contributed by atoms with E-state index in [4.69, 9.17) is 4.74 Å². The third kappa shape index (κ3) is 4.93. The molecule has 3 aliphatic rings. The lowest BCUT2D eigenvalue weighted by Crippen LogP contribution is -2.37. The van der Waals surface area contributed by atoms with Crippen LogP contribution in [0.25, 0.3) is 5.57 Å². The van der Waals surface area contributed by atoms with Crippen LogP contribution in [0.4, 0.5) is 10.3 Å². The third-order valence-corrected chi connectivity index (χ3v) is 7.45. The van der Waals surface area contributed by atoms with Crippen molar-refractivity contribution in [1.29, 1.82) is 0 Å². The van der Waals surface area contributed by atoms with Gasteiger partial charge in [0.15, 0.2) is 11.6 Å². The van der Waals surface area contributed by atoms with Gasteiger partial charge in [0.2, 0.25) is 11.9 Å². The summed E-state index contributed by atoms with van der Waals surface area (Å²) in [6.07, 6.45) is 8.66. The molecule has 2 aliphatic heterocycles. The molecule has 0 N–H and O–H groups in total. The van der Waals surface area contributed by atoms with Crippen molar-refractivity contribution in [3.8, 4) is 5.75 Å². The number of amides is 1. The fraction of sp³-hybridized carbons (Fsp3) is 0.600. The Balaban J connectivity index is 1.12. The van der Waals surface area contributed by atoms with Gasteiger partial charge in [-0.25, -0.2) is 9.07 Å². The largest absolute Gasteiger partial charge is 0.490 e. The number of hydrogen-bond donors (Lipinski definition) is 0. The number of aromatic nitrogens is 4. The molecular weight excluding hydrogens is 435 g/mol. The first-order chi connectivity index (χ1) is 16.6. The van der Waals surface area contributed by atoms with E-state index in [1.54, 1.807) is 16.8 Å². The molecule has 0 radical (unpaired) electrons. The molecule has 0 spiro atoms. The van der Waals surface area contributed by atoms with Crippen molar-refractivity contribution in [2.75, 3.05) is 37.7 Å². The Hall–Kier alpha value is -2.97. The summed E-state index contributed by atoms with van der Waals surface area (Å²) in [6, 6.07) is 5.26. The Labute approximate surface area is 199 Å². The molecule has 182 valence electrons. The predicted octanol–water partition coefficient (Wildman–Crippen LogP) is 3.45. The highest BCUT2D eigenvalue weighted by Gasteiger charge is 2.28. The van der Waals surface area contributed by atoms with Crippen molar-refractivity contribution in [1.82, 2.24) is 25.1 Å². The molecule has 1 aromatic carbocycles. The first-order valence-corrected chi connectivity index (χ1v) is 12.5. The lowest BCUT2D eigenvalue weighted by molar-refractivity contribution is -0.134. The van der Waals surface area contributed by atoms with E-state index in [2.05, 4.69) is 26.5 Å². The van der Waals surface area contributed by atoms with E-state index < -0.39 is 0 Å². The van der Waals surface area contributed by atoms with Gasteiger partial charge in [0.25, 0.3) is 0 Å². The monoisotopic (exact) mass is 468 g/mol. The van der Waals surface area contributed by atoms with Crippen LogP contribution >= 0.6 is 0 Å². The van der Waals surface area contributed by atoms with Gasteiger partial charge in [-0.2, -0.15) is 0 Å². The zero-order chi connectivity index (χ0) is 23.5. The minimum atomic E-state index is -0.323. The molecule has 1 aliphatic carbocycles. The number of allylic oxidation sites excluding steroid dienone is 2. The molecule has 2 fully saturated rings. The van der Waals surface area contributed by atoms with Crippen molar-refractivity contribution >= 4 is 17.4 Å². The smallest absolute Gasteiger partial charge is 0.245 e. The molecular formula is C25H33FN6O2. The van der Waals surface area contributed by atoms with Crippen LogP contribution in [0.2, 0.25) is 0 Å². The van der Waals surface area contributed by atoms with E-state index in [0.29, 0.717) is 24.2 Å². The maximum atomic E-state index is 14.8. The predicted molar refractivity (Wildman–Crippen MR) is 127 cm³/mol. The fourth-order valence-electron chi connectivity index (χ4n) is 5.33. The minimum Gasteiger partial charge on any atom is -0.490 e. The molecule has 5 rings (SSSR count). The van der Waals surface area contributed by atoms with Gasteiger partial charge in [-0.05, 0) is 84.6 Å². The summed E-state index contributed by atoms with van der Waals surface area (Å²) >= 11 is 0. The Morgan fingerprint density at radius 2 is 1.94 bits per heavy atom. The highest BCUT2D eigenvalue weighted by molar-refractivity contribution is 5.81. The average Bonchev–Trinajstić information content (AvgIpc) is 3.55.